The van der Waals surface area contributed by atoms with E-state index in [0.29, 0.717) is 35.1 Å². The van der Waals surface area contributed by atoms with Crippen LogP contribution in [0.5, 0.6) is 0 Å². The Morgan fingerprint density at radius 2 is 1.94 bits per heavy atom. The van der Waals surface area contributed by atoms with Gasteiger partial charge < -0.3 is 14.6 Å². The smallest absolute Gasteiger partial charge is 0.411 e. The highest BCUT2D eigenvalue weighted by Gasteiger charge is 2.32. The quantitative estimate of drug-likeness (QED) is 0.452. The van der Waals surface area contributed by atoms with Crippen LogP contribution in [0, 0.1) is 0 Å². The van der Waals surface area contributed by atoms with E-state index in [1.807, 2.05) is 4.90 Å². The topological polar surface area (TPSA) is 71.3 Å². The molecule has 1 aromatic heterocycles. The van der Waals surface area contributed by atoms with Crippen molar-refractivity contribution in [3.63, 3.8) is 0 Å². The number of hydrogen-bond acceptors (Lipinski definition) is 6. The molecule has 1 aliphatic heterocycles. The Bertz CT molecular complexity index is 1120. The second-order valence-electron chi connectivity index (χ2n) is 7.14. The lowest BCUT2D eigenvalue weighted by Crippen LogP contribution is -2.22. The van der Waals surface area contributed by atoms with Gasteiger partial charge in [0.1, 0.15) is 0 Å². The molecule has 2 heterocycles. The molecule has 0 unspecified atom stereocenters. The van der Waals surface area contributed by atoms with Crippen LogP contribution in [-0.4, -0.2) is 34.9 Å². The van der Waals surface area contributed by atoms with Crippen LogP contribution in [0.1, 0.15) is 18.4 Å². The molecular formula is C21H18ClF3N4O2S. The minimum Gasteiger partial charge on any atom is -0.411 e. The molecule has 0 bridgehead atoms. The van der Waals surface area contributed by atoms with Crippen LogP contribution in [0.4, 0.5) is 24.5 Å². The predicted molar refractivity (Wildman–Crippen MR) is 117 cm³/mol. The molecule has 0 atom stereocenters. The summed E-state index contributed by atoms with van der Waals surface area (Å²) in [6, 6.07) is 10.3. The minimum atomic E-state index is -4.45. The summed E-state index contributed by atoms with van der Waals surface area (Å²) in [5.41, 5.74) is 0.625. The van der Waals surface area contributed by atoms with Gasteiger partial charge in [0.05, 0.1) is 22.7 Å². The van der Waals surface area contributed by atoms with Gasteiger partial charge in [0.25, 0.3) is 5.22 Å². The standard InChI is InChI=1S/C21H18ClF3N4O2S/c22-15-5-3-4-13(10-15)19-27-28-20(31-19)32-12-18(30)26-16-7-6-14(21(23,24)25)11-17(16)29-8-1-2-9-29/h3-7,10-11H,1-2,8-9,12H2,(H,26,30). The third-order valence-electron chi connectivity index (χ3n) is 4.85. The lowest BCUT2D eigenvalue weighted by Gasteiger charge is -2.23. The first kappa shape index (κ1) is 22.5. The lowest BCUT2D eigenvalue weighted by atomic mass is 10.1. The molecule has 0 spiro atoms. The molecule has 0 radical (unpaired) electrons. The van der Waals surface area contributed by atoms with E-state index >= 15 is 0 Å². The van der Waals surface area contributed by atoms with E-state index in [1.165, 1.54) is 6.07 Å². The van der Waals surface area contributed by atoms with Crippen LogP contribution in [0.3, 0.4) is 0 Å². The van der Waals surface area contributed by atoms with E-state index in [0.717, 1.165) is 36.7 Å². The van der Waals surface area contributed by atoms with Crippen LogP contribution >= 0.6 is 23.4 Å². The number of benzene rings is 2. The number of nitrogens with one attached hydrogen (secondary N) is 1. The van der Waals surface area contributed by atoms with Gasteiger partial charge in [-0.1, -0.05) is 29.4 Å². The summed E-state index contributed by atoms with van der Waals surface area (Å²) in [5.74, 6) is -0.162. The van der Waals surface area contributed by atoms with Gasteiger partial charge >= 0.3 is 6.18 Å². The number of hydrogen-bond donors (Lipinski definition) is 1. The number of rotatable bonds is 6. The van der Waals surface area contributed by atoms with Gasteiger partial charge in [-0.05, 0) is 49.2 Å². The summed E-state index contributed by atoms with van der Waals surface area (Å²) in [5, 5.41) is 11.3. The summed E-state index contributed by atoms with van der Waals surface area (Å²) in [4.78, 5) is 14.3. The molecule has 168 valence electrons. The highest BCUT2D eigenvalue weighted by molar-refractivity contribution is 7.99. The lowest BCUT2D eigenvalue weighted by molar-refractivity contribution is -0.137. The van der Waals surface area contributed by atoms with Crippen molar-refractivity contribution in [3.05, 3.63) is 53.1 Å². The molecule has 0 saturated carbocycles. The zero-order valence-electron chi connectivity index (χ0n) is 16.7. The Hall–Kier alpha value is -2.72. The molecule has 6 nitrogen and oxygen atoms in total. The molecule has 3 aromatic rings. The van der Waals surface area contributed by atoms with Crippen molar-refractivity contribution in [3.8, 4) is 11.5 Å². The van der Waals surface area contributed by atoms with Crippen molar-refractivity contribution in [2.45, 2.75) is 24.2 Å². The van der Waals surface area contributed by atoms with Gasteiger partial charge in [-0.15, -0.1) is 10.2 Å². The van der Waals surface area contributed by atoms with E-state index in [9.17, 15) is 18.0 Å². The van der Waals surface area contributed by atoms with Gasteiger partial charge in [0.2, 0.25) is 11.8 Å². The maximum atomic E-state index is 13.2. The molecule has 1 amide bonds. The predicted octanol–water partition coefficient (Wildman–Crippen LogP) is 5.74. The van der Waals surface area contributed by atoms with Crippen molar-refractivity contribution >= 4 is 40.6 Å². The fourth-order valence-corrected chi connectivity index (χ4v) is 4.11. The Labute approximate surface area is 191 Å². The maximum Gasteiger partial charge on any atom is 0.416 e. The zero-order valence-corrected chi connectivity index (χ0v) is 18.2. The van der Waals surface area contributed by atoms with E-state index in [1.54, 1.807) is 24.3 Å². The summed E-state index contributed by atoms with van der Waals surface area (Å²) < 4.78 is 45.0. The first-order chi connectivity index (χ1) is 15.3. The fraction of sp³-hybridized carbons (Fsp3) is 0.286. The second-order valence-corrected chi connectivity index (χ2v) is 8.51. The van der Waals surface area contributed by atoms with Crippen LogP contribution in [0.25, 0.3) is 11.5 Å². The number of alkyl halides is 3. The molecule has 1 N–H and O–H groups in total. The summed E-state index contributed by atoms with van der Waals surface area (Å²) in [6.07, 6.45) is -2.66. The number of aromatic nitrogens is 2. The summed E-state index contributed by atoms with van der Waals surface area (Å²) >= 11 is 7.00. The molecule has 32 heavy (non-hydrogen) atoms. The van der Waals surface area contributed by atoms with Crippen LogP contribution in [0.15, 0.2) is 52.1 Å². The van der Waals surface area contributed by atoms with Crippen LogP contribution in [-0.2, 0) is 11.0 Å². The Morgan fingerprint density at radius 1 is 1.16 bits per heavy atom. The van der Waals surface area contributed by atoms with Crippen molar-refractivity contribution in [1.82, 2.24) is 10.2 Å². The van der Waals surface area contributed by atoms with Crippen LogP contribution < -0.4 is 10.2 Å². The largest absolute Gasteiger partial charge is 0.416 e. The highest BCUT2D eigenvalue weighted by atomic mass is 35.5. The average molecular weight is 483 g/mol. The van der Waals surface area contributed by atoms with E-state index < -0.39 is 17.6 Å². The monoisotopic (exact) mass is 482 g/mol. The van der Waals surface area contributed by atoms with E-state index in [4.69, 9.17) is 16.0 Å². The minimum absolute atomic E-state index is 0.0440. The fourth-order valence-electron chi connectivity index (χ4n) is 3.35. The summed E-state index contributed by atoms with van der Waals surface area (Å²) in [7, 11) is 0. The number of nitrogens with zero attached hydrogens (tertiary/aromatic N) is 3. The third-order valence-corrected chi connectivity index (χ3v) is 5.90. The SMILES string of the molecule is O=C(CSc1nnc(-c2cccc(Cl)c2)o1)Nc1ccc(C(F)(F)F)cc1N1CCCC1. The van der Waals surface area contributed by atoms with Gasteiger partial charge in [-0.25, -0.2) is 0 Å². The average Bonchev–Trinajstić information content (AvgIpc) is 3.44. The molecule has 11 heteroatoms. The number of halogens is 4. The van der Waals surface area contributed by atoms with Crippen molar-refractivity contribution in [2.24, 2.45) is 0 Å². The molecule has 1 saturated heterocycles. The molecule has 1 aliphatic rings. The van der Waals surface area contributed by atoms with Crippen LogP contribution in [0.2, 0.25) is 5.02 Å². The Morgan fingerprint density at radius 3 is 2.66 bits per heavy atom. The van der Waals surface area contributed by atoms with Crippen molar-refractivity contribution in [1.29, 1.82) is 0 Å². The van der Waals surface area contributed by atoms with Gasteiger partial charge in [0, 0.05) is 23.7 Å². The maximum absolute atomic E-state index is 13.2. The Balaban J connectivity index is 1.43. The number of thioether (sulfide) groups is 1. The normalized spacial score (nSPS) is 14.1. The van der Waals surface area contributed by atoms with Gasteiger partial charge in [-0.3, -0.25) is 4.79 Å². The van der Waals surface area contributed by atoms with E-state index in [-0.39, 0.29) is 16.9 Å². The molecule has 0 aliphatic carbocycles. The first-order valence-electron chi connectivity index (χ1n) is 9.78. The molecule has 4 rings (SSSR count). The number of anilines is 2. The number of carbonyl (C=O) groups excluding carboxylic acids is 1. The Kier molecular flexibility index (Phi) is 6.61. The first-order valence-corrected chi connectivity index (χ1v) is 11.1. The number of amides is 1. The van der Waals surface area contributed by atoms with Crippen molar-refractivity contribution in [2.75, 3.05) is 29.1 Å². The zero-order chi connectivity index (χ0) is 22.7. The van der Waals surface area contributed by atoms with Gasteiger partial charge in [0.15, 0.2) is 0 Å². The molecule has 1 fully saturated rings. The molecule has 2 aromatic carbocycles. The van der Waals surface area contributed by atoms with Gasteiger partial charge in [-0.2, -0.15) is 13.2 Å². The third kappa shape index (κ3) is 5.36. The summed E-state index contributed by atoms with van der Waals surface area (Å²) in [6.45, 7) is 1.29. The molecular weight excluding hydrogens is 465 g/mol. The number of carbonyl (C=O) groups is 1. The van der Waals surface area contributed by atoms with Crippen molar-refractivity contribution < 1.29 is 22.4 Å². The highest BCUT2D eigenvalue weighted by Crippen LogP contribution is 2.37. The van der Waals surface area contributed by atoms with E-state index in [2.05, 4.69) is 15.5 Å². The second kappa shape index (κ2) is 9.41.